The molecule has 2 aromatic heterocycles. The molecule has 0 radical (unpaired) electrons. The number of carbonyl (C=O) groups is 1. The lowest BCUT2D eigenvalue weighted by molar-refractivity contribution is 0.0722. The van der Waals surface area contributed by atoms with Crippen LogP contribution in [0.25, 0.3) is 0 Å². The molecule has 1 aliphatic heterocycles. The van der Waals surface area contributed by atoms with E-state index in [1.165, 1.54) is 0 Å². The first-order chi connectivity index (χ1) is 9.97. The molecule has 3 heterocycles. The van der Waals surface area contributed by atoms with Gasteiger partial charge < -0.3 is 4.90 Å². The van der Waals surface area contributed by atoms with Crippen LogP contribution >= 0.6 is 11.3 Å². The molecule has 21 heavy (non-hydrogen) atoms. The SMILES string of the molecule is CC(C)(C)n1cnc(C(=O)N2CCCC2c2nccs2)n1. The van der Waals surface area contributed by atoms with Crippen LogP contribution < -0.4 is 0 Å². The van der Waals surface area contributed by atoms with Crippen LogP contribution in [0.4, 0.5) is 0 Å². The van der Waals surface area contributed by atoms with Crippen LogP contribution in [0.15, 0.2) is 17.9 Å². The molecule has 1 amide bonds. The Kier molecular flexibility index (Phi) is 3.52. The van der Waals surface area contributed by atoms with Crippen LogP contribution in [-0.2, 0) is 5.54 Å². The van der Waals surface area contributed by atoms with Gasteiger partial charge in [0.15, 0.2) is 0 Å². The topological polar surface area (TPSA) is 63.9 Å². The van der Waals surface area contributed by atoms with Crippen molar-refractivity contribution < 1.29 is 4.79 Å². The highest BCUT2D eigenvalue weighted by Gasteiger charge is 2.34. The molecule has 3 rings (SSSR count). The van der Waals surface area contributed by atoms with E-state index in [1.54, 1.807) is 28.5 Å². The zero-order valence-corrected chi connectivity index (χ0v) is 13.3. The van der Waals surface area contributed by atoms with Gasteiger partial charge in [0.05, 0.1) is 11.6 Å². The summed E-state index contributed by atoms with van der Waals surface area (Å²) in [5.41, 5.74) is -0.175. The van der Waals surface area contributed by atoms with Gasteiger partial charge in [-0.2, -0.15) is 0 Å². The predicted molar refractivity (Wildman–Crippen MR) is 80.1 cm³/mol. The molecule has 1 fully saturated rings. The minimum Gasteiger partial charge on any atom is -0.326 e. The van der Waals surface area contributed by atoms with Gasteiger partial charge in [-0.25, -0.2) is 14.6 Å². The number of nitrogens with zero attached hydrogens (tertiary/aromatic N) is 5. The summed E-state index contributed by atoms with van der Waals surface area (Å²) in [5.74, 6) is 0.170. The summed E-state index contributed by atoms with van der Waals surface area (Å²) in [6.45, 7) is 6.84. The first kappa shape index (κ1) is 14.2. The summed E-state index contributed by atoms with van der Waals surface area (Å²) in [6.07, 6.45) is 5.37. The molecule has 1 saturated heterocycles. The van der Waals surface area contributed by atoms with Crippen LogP contribution in [0.5, 0.6) is 0 Å². The van der Waals surface area contributed by atoms with Crippen LogP contribution in [0.1, 0.15) is 55.3 Å². The molecule has 1 aliphatic rings. The fraction of sp³-hybridized carbons (Fsp3) is 0.571. The van der Waals surface area contributed by atoms with Crippen molar-refractivity contribution in [3.8, 4) is 0 Å². The number of hydrogen-bond donors (Lipinski definition) is 0. The van der Waals surface area contributed by atoms with Gasteiger partial charge in [0.2, 0.25) is 5.82 Å². The lowest BCUT2D eigenvalue weighted by atomic mass is 10.1. The molecule has 0 N–H and O–H groups in total. The summed E-state index contributed by atoms with van der Waals surface area (Å²) in [4.78, 5) is 23.0. The Hall–Kier alpha value is -1.76. The van der Waals surface area contributed by atoms with E-state index >= 15 is 0 Å². The standard InChI is InChI=1S/C14H19N5OS/c1-14(2,3)19-9-16-11(17-19)13(20)18-7-4-5-10(18)12-15-6-8-21-12/h6,8-10H,4-5,7H2,1-3H3. The first-order valence-corrected chi connectivity index (χ1v) is 7.97. The summed E-state index contributed by atoms with van der Waals surface area (Å²) in [5, 5.41) is 7.28. The van der Waals surface area contributed by atoms with Crippen LogP contribution in [-0.4, -0.2) is 37.1 Å². The normalized spacial score (nSPS) is 19.2. The number of likely N-dealkylation sites (tertiary alicyclic amines) is 1. The lowest BCUT2D eigenvalue weighted by Crippen LogP contribution is -2.32. The average Bonchev–Trinajstić information content (AvgIpc) is 3.16. The third-order valence-electron chi connectivity index (χ3n) is 3.62. The van der Waals surface area contributed by atoms with E-state index in [0.29, 0.717) is 0 Å². The molecule has 6 nitrogen and oxygen atoms in total. The molecular weight excluding hydrogens is 286 g/mol. The Balaban J connectivity index is 1.83. The number of rotatable bonds is 2. The highest BCUT2D eigenvalue weighted by molar-refractivity contribution is 7.09. The van der Waals surface area contributed by atoms with Crippen LogP contribution in [0, 0.1) is 0 Å². The van der Waals surface area contributed by atoms with E-state index < -0.39 is 0 Å². The minimum absolute atomic E-state index is 0.0686. The highest BCUT2D eigenvalue weighted by Crippen LogP contribution is 2.33. The van der Waals surface area contributed by atoms with Crippen molar-refractivity contribution >= 4 is 17.2 Å². The van der Waals surface area contributed by atoms with Gasteiger partial charge in [-0.1, -0.05) is 0 Å². The van der Waals surface area contributed by atoms with Crippen LogP contribution in [0.3, 0.4) is 0 Å². The molecule has 7 heteroatoms. The van der Waals surface area contributed by atoms with E-state index in [2.05, 4.69) is 15.1 Å². The molecule has 0 bridgehead atoms. The Bertz CT molecular complexity index is 628. The maximum absolute atomic E-state index is 12.7. The maximum atomic E-state index is 12.7. The van der Waals surface area contributed by atoms with Crippen molar-refractivity contribution in [1.82, 2.24) is 24.6 Å². The van der Waals surface area contributed by atoms with Crippen molar-refractivity contribution in [2.24, 2.45) is 0 Å². The average molecular weight is 305 g/mol. The molecule has 1 atom stereocenters. The van der Waals surface area contributed by atoms with Gasteiger partial charge in [-0.05, 0) is 33.6 Å². The predicted octanol–water partition coefficient (Wildman–Crippen LogP) is 2.47. The summed E-state index contributed by atoms with van der Waals surface area (Å²) in [6, 6.07) is 0.0686. The quantitative estimate of drug-likeness (QED) is 0.855. The highest BCUT2D eigenvalue weighted by atomic mass is 32.1. The van der Waals surface area contributed by atoms with Crippen molar-refractivity contribution in [3.63, 3.8) is 0 Å². The molecule has 0 spiro atoms. The largest absolute Gasteiger partial charge is 0.326 e. The Labute approximate surface area is 127 Å². The second-order valence-electron chi connectivity index (χ2n) is 6.21. The molecule has 0 saturated carbocycles. The Morgan fingerprint density at radius 3 is 2.81 bits per heavy atom. The van der Waals surface area contributed by atoms with Crippen molar-refractivity contribution in [1.29, 1.82) is 0 Å². The zero-order valence-electron chi connectivity index (χ0n) is 12.5. The van der Waals surface area contributed by atoms with Crippen molar-refractivity contribution in [3.05, 3.63) is 28.7 Å². The van der Waals surface area contributed by atoms with Gasteiger partial charge in [0, 0.05) is 18.1 Å². The maximum Gasteiger partial charge on any atom is 0.294 e. The molecule has 0 aliphatic carbocycles. The molecular formula is C14H19N5OS. The number of hydrogen-bond acceptors (Lipinski definition) is 5. The smallest absolute Gasteiger partial charge is 0.294 e. The summed E-state index contributed by atoms with van der Waals surface area (Å²) >= 11 is 1.59. The van der Waals surface area contributed by atoms with Crippen LogP contribution in [0.2, 0.25) is 0 Å². The van der Waals surface area contributed by atoms with Gasteiger partial charge in [0.1, 0.15) is 11.3 Å². The van der Waals surface area contributed by atoms with Gasteiger partial charge in [-0.3, -0.25) is 4.79 Å². The van der Waals surface area contributed by atoms with E-state index in [0.717, 1.165) is 24.4 Å². The summed E-state index contributed by atoms with van der Waals surface area (Å²) < 4.78 is 1.73. The first-order valence-electron chi connectivity index (χ1n) is 7.09. The fourth-order valence-corrected chi connectivity index (χ4v) is 3.26. The van der Waals surface area contributed by atoms with E-state index in [4.69, 9.17) is 0 Å². The number of amides is 1. The third kappa shape index (κ3) is 2.70. The molecule has 1 unspecified atom stereocenters. The van der Waals surface area contributed by atoms with Gasteiger partial charge in [0.25, 0.3) is 5.91 Å². The second kappa shape index (κ2) is 5.22. The number of thiazole rings is 1. The Morgan fingerprint density at radius 1 is 1.38 bits per heavy atom. The fourth-order valence-electron chi connectivity index (χ4n) is 2.48. The van der Waals surface area contributed by atoms with Gasteiger partial charge in [-0.15, -0.1) is 16.4 Å². The van der Waals surface area contributed by atoms with Gasteiger partial charge >= 0.3 is 0 Å². The van der Waals surface area contributed by atoms with E-state index in [-0.39, 0.29) is 23.3 Å². The van der Waals surface area contributed by atoms with Crippen molar-refractivity contribution in [2.75, 3.05) is 6.54 Å². The number of carbonyl (C=O) groups excluding carboxylic acids is 1. The zero-order chi connectivity index (χ0) is 15.0. The molecule has 2 aromatic rings. The lowest BCUT2D eigenvalue weighted by Gasteiger charge is -2.22. The molecule has 0 aromatic carbocycles. The second-order valence-corrected chi connectivity index (χ2v) is 7.14. The van der Waals surface area contributed by atoms with E-state index in [1.807, 2.05) is 31.1 Å². The van der Waals surface area contributed by atoms with Crippen molar-refractivity contribution in [2.45, 2.75) is 45.2 Å². The number of aromatic nitrogens is 4. The molecule has 112 valence electrons. The third-order valence-corrected chi connectivity index (χ3v) is 4.50. The summed E-state index contributed by atoms with van der Waals surface area (Å²) in [7, 11) is 0. The minimum atomic E-state index is -0.175. The Morgan fingerprint density at radius 2 is 2.19 bits per heavy atom. The van der Waals surface area contributed by atoms with E-state index in [9.17, 15) is 4.79 Å². The monoisotopic (exact) mass is 305 g/mol.